The molecule has 0 amide bonds. The smallest absolute Gasteiger partial charge is 0.149 e. The highest BCUT2D eigenvalue weighted by atomic mass is 19.1. The molecule has 2 nitrogen and oxygen atoms in total. The van der Waals surface area contributed by atoms with Crippen molar-refractivity contribution < 1.29 is 8.78 Å². The van der Waals surface area contributed by atoms with Crippen molar-refractivity contribution in [2.24, 2.45) is 5.73 Å². The van der Waals surface area contributed by atoms with Crippen LogP contribution in [0.3, 0.4) is 0 Å². The third-order valence-electron chi connectivity index (χ3n) is 2.76. The van der Waals surface area contributed by atoms with E-state index in [4.69, 9.17) is 5.73 Å². The molecule has 0 fully saturated rings. The van der Waals surface area contributed by atoms with Gasteiger partial charge in [-0.05, 0) is 51.4 Å². The molecule has 0 aliphatic heterocycles. The summed E-state index contributed by atoms with van der Waals surface area (Å²) in [6.07, 6.45) is 0.488. The Hall–Kier alpha value is -1.16. The third kappa shape index (κ3) is 3.16. The molecule has 4 heteroatoms. The molecule has 0 radical (unpaired) electrons. The molecule has 0 saturated carbocycles. The Balaban J connectivity index is 3.16. The summed E-state index contributed by atoms with van der Waals surface area (Å²) < 4.78 is 27.8. The first-order valence-electron chi connectivity index (χ1n) is 5.95. The summed E-state index contributed by atoms with van der Waals surface area (Å²) in [4.78, 5) is 1.71. The average molecular weight is 242 g/mol. The van der Waals surface area contributed by atoms with Gasteiger partial charge in [0.1, 0.15) is 17.3 Å². The molecule has 2 N–H and O–H groups in total. The Morgan fingerprint density at radius 1 is 1.24 bits per heavy atom. The fourth-order valence-electron chi connectivity index (χ4n) is 1.98. The molecule has 0 unspecified atom stereocenters. The van der Waals surface area contributed by atoms with Crippen LogP contribution in [0.2, 0.25) is 0 Å². The predicted octanol–water partition coefficient (Wildman–Crippen LogP) is 2.70. The summed E-state index contributed by atoms with van der Waals surface area (Å²) in [5.41, 5.74) is 6.04. The lowest BCUT2D eigenvalue weighted by atomic mass is 10.1. The van der Waals surface area contributed by atoms with Crippen LogP contribution in [0.1, 0.15) is 26.3 Å². The molecule has 1 rings (SSSR count). The Morgan fingerprint density at radius 2 is 1.76 bits per heavy atom. The van der Waals surface area contributed by atoms with Gasteiger partial charge in [0.05, 0.1) is 0 Å². The van der Waals surface area contributed by atoms with Crippen LogP contribution >= 0.6 is 0 Å². The number of nitrogens with two attached hydrogens (primary N) is 1. The zero-order chi connectivity index (χ0) is 13.0. The van der Waals surface area contributed by atoms with Crippen molar-refractivity contribution in [1.82, 2.24) is 0 Å². The number of hydrogen-bond acceptors (Lipinski definition) is 2. The minimum atomic E-state index is -0.510. The maximum atomic E-state index is 13.9. The molecule has 0 atom stereocenters. The van der Waals surface area contributed by atoms with Crippen molar-refractivity contribution >= 4 is 5.69 Å². The number of nitrogens with zero attached hydrogens (tertiary/aromatic N) is 1. The van der Waals surface area contributed by atoms with E-state index in [2.05, 4.69) is 0 Å². The van der Waals surface area contributed by atoms with Gasteiger partial charge in [0.15, 0.2) is 0 Å². The number of anilines is 1. The van der Waals surface area contributed by atoms with Crippen LogP contribution in [0.15, 0.2) is 12.1 Å². The molecular formula is C13H20F2N2. The van der Waals surface area contributed by atoms with Crippen molar-refractivity contribution in [3.05, 3.63) is 29.3 Å². The molecule has 17 heavy (non-hydrogen) atoms. The topological polar surface area (TPSA) is 29.3 Å². The van der Waals surface area contributed by atoms with E-state index in [0.717, 1.165) is 0 Å². The Labute approximate surface area is 101 Å². The number of rotatable bonds is 5. The summed E-state index contributed by atoms with van der Waals surface area (Å²) >= 11 is 0. The first-order valence-corrected chi connectivity index (χ1v) is 5.95. The maximum Gasteiger partial charge on any atom is 0.149 e. The summed E-state index contributed by atoms with van der Waals surface area (Å²) in [6.45, 7) is 6.67. The molecule has 0 aromatic heterocycles. The fourth-order valence-corrected chi connectivity index (χ4v) is 1.98. The molecule has 0 spiro atoms. The highest BCUT2D eigenvalue weighted by molar-refractivity contribution is 5.51. The standard InChI is InChI=1S/C13H20F2N2/c1-4-17(9(2)3)13-11(14)7-10(5-6-16)8-12(13)15/h7-9H,4-6,16H2,1-3H3. The fraction of sp³-hybridized carbons (Fsp3) is 0.538. The van der Waals surface area contributed by atoms with Crippen LogP contribution in [0.5, 0.6) is 0 Å². The second-order valence-electron chi connectivity index (χ2n) is 4.33. The lowest BCUT2D eigenvalue weighted by molar-refractivity contribution is 0.556. The predicted molar refractivity (Wildman–Crippen MR) is 67.3 cm³/mol. The van der Waals surface area contributed by atoms with E-state index in [9.17, 15) is 8.78 Å². The molecule has 0 aliphatic rings. The zero-order valence-corrected chi connectivity index (χ0v) is 10.6. The van der Waals surface area contributed by atoms with Crippen LogP contribution in [0.25, 0.3) is 0 Å². The monoisotopic (exact) mass is 242 g/mol. The average Bonchev–Trinajstić information content (AvgIpc) is 2.23. The Bertz CT molecular complexity index is 355. The number of benzene rings is 1. The van der Waals surface area contributed by atoms with Gasteiger partial charge in [-0.3, -0.25) is 0 Å². The molecule has 96 valence electrons. The summed E-state index contributed by atoms with van der Waals surface area (Å²) in [5, 5.41) is 0. The van der Waals surface area contributed by atoms with Crippen LogP contribution in [0.4, 0.5) is 14.5 Å². The maximum absolute atomic E-state index is 13.9. The normalized spacial score (nSPS) is 11.0. The summed E-state index contributed by atoms with van der Waals surface area (Å²) in [7, 11) is 0. The zero-order valence-electron chi connectivity index (χ0n) is 10.6. The SMILES string of the molecule is CCN(c1c(F)cc(CCN)cc1F)C(C)C. The van der Waals surface area contributed by atoms with Gasteiger partial charge >= 0.3 is 0 Å². The van der Waals surface area contributed by atoms with Crippen molar-refractivity contribution in [2.75, 3.05) is 18.0 Å². The van der Waals surface area contributed by atoms with Gasteiger partial charge < -0.3 is 10.6 Å². The van der Waals surface area contributed by atoms with E-state index >= 15 is 0 Å². The van der Waals surface area contributed by atoms with Crippen molar-refractivity contribution in [3.63, 3.8) is 0 Å². The molecule has 0 bridgehead atoms. The number of hydrogen-bond donors (Lipinski definition) is 1. The van der Waals surface area contributed by atoms with Gasteiger partial charge in [-0.15, -0.1) is 0 Å². The van der Waals surface area contributed by atoms with E-state index < -0.39 is 11.6 Å². The second kappa shape index (κ2) is 5.96. The minimum Gasteiger partial charge on any atom is -0.365 e. The van der Waals surface area contributed by atoms with Gasteiger partial charge in [0.25, 0.3) is 0 Å². The molecule has 0 aliphatic carbocycles. The largest absolute Gasteiger partial charge is 0.365 e. The third-order valence-corrected chi connectivity index (χ3v) is 2.76. The minimum absolute atomic E-state index is 0.0586. The van der Waals surface area contributed by atoms with Crippen LogP contribution < -0.4 is 10.6 Å². The van der Waals surface area contributed by atoms with E-state index in [1.54, 1.807) is 4.90 Å². The quantitative estimate of drug-likeness (QED) is 0.860. The van der Waals surface area contributed by atoms with E-state index in [0.29, 0.717) is 25.1 Å². The first kappa shape index (κ1) is 13.9. The van der Waals surface area contributed by atoms with Gasteiger partial charge in [-0.1, -0.05) is 0 Å². The highest BCUT2D eigenvalue weighted by Gasteiger charge is 2.18. The summed E-state index contributed by atoms with van der Waals surface area (Å²) in [6, 6.07) is 2.80. The van der Waals surface area contributed by atoms with Crippen LogP contribution in [0, 0.1) is 11.6 Å². The second-order valence-corrected chi connectivity index (χ2v) is 4.33. The highest BCUT2D eigenvalue weighted by Crippen LogP contribution is 2.26. The Morgan fingerprint density at radius 3 is 2.12 bits per heavy atom. The number of halogens is 2. The molecule has 0 saturated heterocycles. The van der Waals surface area contributed by atoms with Gasteiger partial charge in [-0.25, -0.2) is 8.78 Å². The van der Waals surface area contributed by atoms with Crippen molar-refractivity contribution in [3.8, 4) is 0 Å². The van der Waals surface area contributed by atoms with Crippen LogP contribution in [-0.4, -0.2) is 19.1 Å². The van der Waals surface area contributed by atoms with E-state index in [-0.39, 0.29) is 11.7 Å². The molecule has 1 aromatic carbocycles. The van der Waals surface area contributed by atoms with E-state index in [1.807, 2.05) is 20.8 Å². The van der Waals surface area contributed by atoms with E-state index in [1.165, 1.54) is 12.1 Å². The van der Waals surface area contributed by atoms with Crippen molar-refractivity contribution in [2.45, 2.75) is 33.2 Å². The van der Waals surface area contributed by atoms with Crippen LogP contribution in [-0.2, 0) is 6.42 Å². The van der Waals surface area contributed by atoms with Gasteiger partial charge in [0, 0.05) is 12.6 Å². The van der Waals surface area contributed by atoms with Crippen molar-refractivity contribution in [1.29, 1.82) is 0 Å². The van der Waals surface area contributed by atoms with Gasteiger partial charge in [-0.2, -0.15) is 0 Å². The molecule has 1 aromatic rings. The Kier molecular flexibility index (Phi) is 4.87. The summed E-state index contributed by atoms with van der Waals surface area (Å²) in [5.74, 6) is -1.02. The first-order chi connectivity index (χ1) is 8.01. The lowest BCUT2D eigenvalue weighted by Crippen LogP contribution is -2.32. The molecule has 0 heterocycles. The molecular weight excluding hydrogens is 222 g/mol. The lowest BCUT2D eigenvalue weighted by Gasteiger charge is -2.28. The van der Waals surface area contributed by atoms with Gasteiger partial charge in [0.2, 0.25) is 0 Å².